The van der Waals surface area contributed by atoms with Crippen molar-refractivity contribution < 1.29 is 34.5 Å². The van der Waals surface area contributed by atoms with Crippen LogP contribution in [0.4, 0.5) is 0 Å². The van der Waals surface area contributed by atoms with Crippen molar-refractivity contribution in [3.8, 4) is 5.75 Å². The highest BCUT2D eigenvalue weighted by Gasteiger charge is 2.64. The topological polar surface area (TPSA) is 168 Å². The molecule has 0 aromatic heterocycles. The molecule has 0 spiro atoms. The van der Waals surface area contributed by atoms with Gasteiger partial charge >= 0.3 is 5.97 Å². The zero-order chi connectivity index (χ0) is 24.1. The van der Waals surface area contributed by atoms with E-state index in [0.717, 1.165) is 0 Å². The molecule has 1 aromatic rings. The molecule has 0 radical (unpaired) electrons. The smallest absolute Gasteiger partial charge is 0.327 e. The number of benzene rings is 1. The summed E-state index contributed by atoms with van der Waals surface area (Å²) >= 11 is 1.30. The molecule has 3 aliphatic heterocycles. The third kappa shape index (κ3) is 4.25. The predicted molar refractivity (Wildman–Crippen MR) is 117 cm³/mol. The first-order valence-electron chi connectivity index (χ1n) is 10.5. The highest BCUT2D eigenvalue weighted by molar-refractivity contribution is 8.01. The van der Waals surface area contributed by atoms with Crippen molar-refractivity contribution in [1.29, 1.82) is 0 Å². The molecule has 3 saturated heterocycles. The summed E-state index contributed by atoms with van der Waals surface area (Å²) in [7, 11) is 0. The molecule has 33 heavy (non-hydrogen) atoms. The second-order valence-electron chi connectivity index (χ2n) is 8.97. The third-order valence-electron chi connectivity index (χ3n) is 6.17. The van der Waals surface area contributed by atoms with E-state index in [0.29, 0.717) is 5.56 Å². The van der Waals surface area contributed by atoms with Gasteiger partial charge in [0, 0.05) is 11.3 Å². The number of phenolic OH excluding ortho intramolecular Hbond substituents is 1. The number of carboxylic acid groups (broad SMARTS) is 1. The summed E-state index contributed by atoms with van der Waals surface area (Å²) in [4.78, 5) is 51.6. The fraction of sp³-hybridized carbons (Fsp3) is 0.524. The lowest BCUT2D eigenvalue weighted by Crippen LogP contribution is -2.71. The van der Waals surface area contributed by atoms with Crippen LogP contribution in [-0.4, -0.2) is 84.8 Å². The third-order valence-corrected chi connectivity index (χ3v) is 7.74. The Bertz CT molecular complexity index is 985. The highest BCUT2D eigenvalue weighted by atomic mass is 32.2. The number of hydrogen-bond acceptors (Lipinski definition) is 8. The van der Waals surface area contributed by atoms with Crippen molar-refractivity contribution in [2.75, 3.05) is 6.54 Å². The minimum Gasteiger partial charge on any atom is -0.508 e. The lowest BCUT2D eigenvalue weighted by molar-refractivity contribution is -0.161. The van der Waals surface area contributed by atoms with Crippen LogP contribution >= 0.6 is 11.8 Å². The zero-order valence-electron chi connectivity index (χ0n) is 18.0. The van der Waals surface area contributed by atoms with E-state index in [-0.39, 0.29) is 18.7 Å². The van der Waals surface area contributed by atoms with Crippen LogP contribution in [0.5, 0.6) is 5.75 Å². The number of aliphatic carboxylic acids is 1. The van der Waals surface area contributed by atoms with Crippen LogP contribution in [-0.2, 0) is 19.2 Å². The summed E-state index contributed by atoms with van der Waals surface area (Å²) in [5.74, 6) is -2.73. The first-order valence-corrected chi connectivity index (χ1v) is 11.4. The molecule has 0 bridgehead atoms. The van der Waals surface area contributed by atoms with Crippen molar-refractivity contribution in [2.45, 2.75) is 60.7 Å². The summed E-state index contributed by atoms with van der Waals surface area (Å²) < 4.78 is -0.731. The Hall–Kier alpha value is -2.83. The van der Waals surface area contributed by atoms with Crippen LogP contribution in [0.3, 0.4) is 0 Å². The lowest BCUT2D eigenvalue weighted by Gasteiger charge is -2.44. The van der Waals surface area contributed by atoms with Gasteiger partial charge in [0.25, 0.3) is 0 Å². The van der Waals surface area contributed by atoms with Crippen molar-refractivity contribution in [2.24, 2.45) is 0 Å². The maximum atomic E-state index is 13.2. The zero-order valence-corrected chi connectivity index (χ0v) is 18.8. The molecule has 0 saturated carbocycles. The molecule has 3 aliphatic rings. The molecular weight excluding hydrogens is 452 g/mol. The number of thioether (sulfide) groups is 1. The van der Waals surface area contributed by atoms with Gasteiger partial charge in [-0.15, -0.1) is 11.8 Å². The van der Waals surface area contributed by atoms with Gasteiger partial charge in [-0.1, -0.05) is 12.1 Å². The number of amides is 3. The summed E-state index contributed by atoms with van der Waals surface area (Å²) in [5, 5.41) is 36.5. The van der Waals surface area contributed by atoms with Gasteiger partial charge in [-0.25, -0.2) is 4.79 Å². The summed E-state index contributed by atoms with van der Waals surface area (Å²) in [6, 6.07) is 1.98. The Morgan fingerprint density at radius 3 is 2.48 bits per heavy atom. The molecule has 1 aromatic carbocycles. The van der Waals surface area contributed by atoms with Crippen LogP contribution in [0.25, 0.3) is 0 Å². The van der Waals surface area contributed by atoms with Crippen molar-refractivity contribution in [1.82, 2.24) is 20.9 Å². The number of nitrogens with one attached hydrogen (secondary N) is 3. The summed E-state index contributed by atoms with van der Waals surface area (Å²) in [6.07, 6.45) is -0.457. The highest BCUT2D eigenvalue weighted by Crippen LogP contribution is 2.50. The van der Waals surface area contributed by atoms with E-state index in [2.05, 4.69) is 16.0 Å². The number of carbonyl (C=O) groups is 4. The number of carbonyl (C=O) groups excluding carboxylic acids is 3. The number of β-lactam (4-membered cyclic amide) rings is 1. The average Bonchev–Trinajstić information content (AvgIpc) is 3.29. The fourth-order valence-corrected chi connectivity index (χ4v) is 6.13. The van der Waals surface area contributed by atoms with E-state index in [1.54, 1.807) is 13.8 Å². The van der Waals surface area contributed by atoms with E-state index in [4.69, 9.17) is 0 Å². The molecule has 3 amide bonds. The van der Waals surface area contributed by atoms with Gasteiger partial charge < -0.3 is 36.2 Å². The number of β-amino-alcohol motifs (C(OH)–C–C–N with tert-alkyl or cyclic N) is 1. The van der Waals surface area contributed by atoms with Crippen LogP contribution in [0.15, 0.2) is 24.3 Å². The Labute approximate surface area is 193 Å². The van der Waals surface area contributed by atoms with E-state index >= 15 is 0 Å². The van der Waals surface area contributed by atoms with Crippen molar-refractivity contribution in [3.63, 3.8) is 0 Å². The Morgan fingerprint density at radius 2 is 1.91 bits per heavy atom. The maximum Gasteiger partial charge on any atom is 0.327 e. The quantitative estimate of drug-likeness (QED) is 0.278. The normalized spacial score (nSPS) is 30.8. The van der Waals surface area contributed by atoms with Crippen LogP contribution in [0, 0.1) is 0 Å². The van der Waals surface area contributed by atoms with Crippen molar-refractivity contribution in [3.05, 3.63) is 29.8 Å². The Morgan fingerprint density at radius 1 is 1.24 bits per heavy atom. The molecular formula is C21H26N4O7S. The molecule has 12 heteroatoms. The van der Waals surface area contributed by atoms with Crippen molar-refractivity contribution >= 4 is 35.5 Å². The molecule has 0 aliphatic carbocycles. The Kier molecular flexibility index (Phi) is 6.01. The molecule has 178 valence electrons. The van der Waals surface area contributed by atoms with Crippen LogP contribution in [0.1, 0.15) is 31.9 Å². The van der Waals surface area contributed by atoms with Gasteiger partial charge in [0.05, 0.1) is 12.1 Å². The molecule has 3 fully saturated rings. The predicted octanol–water partition coefficient (Wildman–Crippen LogP) is -1.10. The fourth-order valence-electron chi connectivity index (χ4n) is 4.51. The summed E-state index contributed by atoms with van der Waals surface area (Å²) in [6.45, 7) is 3.74. The number of hydrogen-bond donors (Lipinski definition) is 6. The van der Waals surface area contributed by atoms with E-state index < -0.39 is 64.1 Å². The summed E-state index contributed by atoms with van der Waals surface area (Å²) in [5.41, 5.74) is 0.392. The number of fused-ring (bicyclic) bond motifs is 1. The number of carboxylic acids is 1. The van der Waals surface area contributed by atoms with E-state index in [1.807, 2.05) is 0 Å². The lowest BCUT2D eigenvalue weighted by atomic mass is 9.95. The first-order chi connectivity index (χ1) is 15.5. The molecule has 3 heterocycles. The largest absolute Gasteiger partial charge is 0.508 e. The Balaban J connectivity index is 1.51. The van der Waals surface area contributed by atoms with Gasteiger partial charge in [-0.2, -0.15) is 0 Å². The number of aromatic hydroxyl groups is 1. The molecule has 6 N–H and O–H groups in total. The second kappa shape index (κ2) is 8.50. The molecule has 6 atom stereocenters. The van der Waals surface area contributed by atoms with Gasteiger partial charge in [-0.3, -0.25) is 14.4 Å². The number of aliphatic hydroxyl groups is 1. The first kappa shape index (κ1) is 23.3. The number of phenols is 1. The number of nitrogens with zero attached hydrogens (tertiary/aromatic N) is 1. The monoisotopic (exact) mass is 478 g/mol. The van der Waals surface area contributed by atoms with Crippen LogP contribution < -0.4 is 16.0 Å². The molecule has 2 unspecified atom stereocenters. The van der Waals surface area contributed by atoms with E-state index in [9.17, 15) is 34.5 Å². The maximum absolute atomic E-state index is 13.2. The van der Waals surface area contributed by atoms with Gasteiger partial charge in [0.1, 0.15) is 29.2 Å². The standard InChI is InChI=1S/C21H26N4O7S/c1-21(2)15(20(31)32)25-18(30)14(19(25)33-21)24-17(29)13(9-3-5-10(26)6-4-9)23-16(28)12-7-11(27)8-22-12/h3-6,11-15,19,22,26-27H,7-8H2,1-2H3,(H,23,28)(H,24,29)(H,31,32)/t11?,12-,13?,14+,15-,19+/m0/s1. The molecule has 4 rings (SSSR count). The number of aliphatic hydroxyl groups excluding tert-OH is 1. The van der Waals surface area contributed by atoms with Gasteiger partial charge in [-0.05, 0) is 38.0 Å². The van der Waals surface area contributed by atoms with E-state index in [1.165, 1.54) is 40.9 Å². The number of rotatable bonds is 6. The average molecular weight is 479 g/mol. The SMILES string of the molecule is CC1(C)S[C@@H]2[C@H](NC(=O)C(NC(=O)[C@@H]3CC(O)CN3)c3ccc(O)cc3)C(=O)N2[C@H]1C(=O)O. The van der Waals surface area contributed by atoms with Crippen LogP contribution in [0.2, 0.25) is 0 Å². The van der Waals surface area contributed by atoms with Gasteiger partial charge in [0.2, 0.25) is 17.7 Å². The molecule has 11 nitrogen and oxygen atoms in total. The van der Waals surface area contributed by atoms with Gasteiger partial charge in [0.15, 0.2) is 0 Å². The minimum atomic E-state index is -1.16. The second-order valence-corrected chi connectivity index (χ2v) is 10.7. The minimum absolute atomic E-state index is 0.0149.